The molecule has 0 aromatic heterocycles. The van der Waals surface area contributed by atoms with Crippen molar-refractivity contribution < 1.29 is 19.8 Å². The summed E-state index contributed by atoms with van der Waals surface area (Å²) in [7, 11) is 0. The third-order valence-electron chi connectivity index (χ3n) is 2.51. The number of rotatable bonds is 5. The number of hydrogen-bond acceptors (Lipinski definition) is 3. The number of aliphatic carboxylic acids is 1. The van der Waals surface area contributed by atoms with Crippen molar-refractivity contribution in [3.8, 4) is 0 Å². The molecular formula is C12H12BrClO4. The van der Waals surface area contributed by atoms with Crippen molar-refractivity contribution in [2.45, 2.75) is 23.7 Å². The first-order chi connectivity index (χ1) is 8.40. The normalized spacial score (nSPS) is 14.0. The van der Waals surface area contributed by atoms with Crippen LogP contribution in [0.25, 0.3) is 0 Å². The lowest BCUT2D eigenvalue weighted by Gasteiger charge is -2.18. The molecule has 2 unspecified atom stereocenters. The highest BCUT2D eigenvalue weighted by Crippen LogP contribution is 2.33. The second kappa shape index (κ2) is 6.31. The highest BCUT2D eigenvalue weighted by molar-refractivity contribution is 9.09. The topological polar surface area (TPSA) is 74.6 Å². The van der Waals surface area contributed by atoms with Crippen LogP contribution >= 0.6 is 27.5 Å². The molecule has 98 valence electrons. The van der Waals surface area contributed by atoms with Gasteiger partial charge in [-0.05, 0) is 18.1 Å². The van der Waals surface area contributed by atoms with Gasteiger partial charge in [0, 0.05) is 11.4 Å². The van der Waals surface area contributed by atoms with Gasteiger partial charge in [0.1, 0.15) is 5.78 Å². The van der Waals surface area contributed by atoms with E-state index in [1.54, 1.807) is 18.2 Å². The fourth-order valence-electron chi connectivity index (χ4n) is 1.65. The van der Waals surface area contributed by atoms with E-state index in [0.29, 0.717) is 11.1 Å². The molecule has 0 amide bonds. The van der Waals surface area contributed by atoms with Gasteiger partial charge in [-0.15, -0.1) is 11.6 Å². The molecule has 0 saturated heterocycles. The molecule has 0 spiro atoms. The highest BCUT2D eigenvalue weighted by Gasteiger charge is 2.26. The van der Waals surface area contributed by atoms with Crippen LogP contribution in [-0.4, -0.2) is 22.0 Å². The third kappa shape index (κ3) is 3.10. The Kier molecular flexibility index (Phi) is 5.31. The second-order valence-electron chi connectivity index (χ2n) is 3.77. The molecular weight excluding hydrogens is 323 g/mol. The van der Waals surface area contributed by atoms with Gasteiger partial charge in [0.25, 0.3) is 0 Å². The van der Waals surface area contributed by atoms with Crippen molar-refractivity contribution in [2.75, 3.05) is 0 Å². The average Bonchev–Trinajstić information content (AvgIpc) is 2.35. The molecule has 0 aliphatic rings. The lowest BCUT2D eigenvalue weighted by atomic mass is 9.94. The summed E-state index contributed by atoms with van der Waals surface area (Å²) in [5, 5.41) is 18.6. The molecule has 0 aliphatic carbocycles. The predicted molar refractivity (Wildman–Crippen MR) is 70.9 cm³/mol. The minimum absolute atomic E-state index is 0.0607. The van der Waals surface area contributed by atoms with Crippen LogP contribution in [0.2, 0.25) is 0 Å². The van der Waals surface area contributed by atoms with E-state index in [1.807, 2.05) is 0 Å². The van der Waals surface area contributed by atoms with Crippen LogP contribution in [0.4, 0.5) is 0 Å². The quantitative estimate of drug-likeness (QED) is 0.811. The Labute approximate surface area is 118 Å². The van der Waals surface area contributed by atoms with Crippen molar-refractivity contribution in [3.63, 3.8) is 0 Å². The van der Waals surface area contributed by atoms with E-state index in [4.69, 9.17) is 16.7 Å². The maximum Gasteiger partial charge on any atom is 0.337 e. The summed E-state index contributed by atoms with van der Waals surface area (Å²) in [5.41, 5.74) is 1.10. The SMILES string of the molecule is CC(=O)C(Br)c1cccc(CCl)c1C(O)C(=O)O. The maximum atomic E-state index is 11.4. The van der Waals surface area contributed by atoms with E-state index in [1.165, 1.54) is 6.92 Å². The second-order valence-corrected chi connectivity index (χ2v) is 4.95. The van der Waals surface area contributed by atoms with E-state index in [-0.39, 0.29) is 17.2 Å². The molecule has 1 aromatic carbocycles. The monoisotopic (exact) mass is 334 g/mol. The van der Waals surface area contributed by atoms with Crippen molar-refractivity contribution in [1.29, 1.82) is 0 Å². The molecule has 0 fully saturated rings. The molecule has 0 heterocycles. The van der Waals surface area contributed by atoms with E-state index >= 15 is 0 Å². The van der Waals surface area contributed by atoms with Crippen LogP contribution in [0.1, 0.15) is 34.5 Å². The van der Waals surface area contributed by atoms with Gasteiger partial charge < -0.3 is 10.2 Å². The number of benzene rings is 1. The van der Waals surface area contributed by atoms with Crippen molar-refractivity contribution in [2.24, 2.45) is 0 Å². The fourth-order valence-corrected chi connectivity index (χ4v) is 2.28. The molecule has 6 heteroatoms. The van der Waals surface area contributed by atoms with E-state index in [0.717, 1.165) is 0 Å². The number of aliphatic hydroxyl groups is 1. The first-order valence-electron chi connectivity index (χ1n) is 5.13. The van der Waals surface area contributed by atoms with Crippen molar-refractivity contribution in [3.05, 3.63) is 34.9 Å². The zero-order chi connectivity index (χ0) is 13.9. The Bertz CT molecular complexity index is 475. The molecule has 0 bridgehead atoms. The summed E-state index contributed by atoms with van der Waals surface area (Å²) in [6, 6.07) is 4.89. The molecule has 18 heavy (non-hydrogen) atoms. The maximum absolute atomic E-state index is 11.4. The van der Waals surface area contributed by atoms with Crippen molar-refractivity contribution >= 4 is 39.3 Å². The Hall–Kier alpha value is -0.910. The number of alkyl halides is 2. The molecule has 0 radical (unpaired) electrons. The zero-order valence-electron chi connectivity index (χ0n) is 9.56. The fraction of sp³-hybridized carbons (Fsp3) is 0.333. The minimum atomic E-state index is -1.70. The summed E-state index contributed by atoms with van der Waals surface area (Å²) >= 11 is 8.92. The number of Topliss-reactive ketones (excluding diaryl/α,β-unsaturated/α-hetero) is 1. The number of carboxylic acid groups (broad SMARTS) is 1. The molecule has 1 aromatic rings. The molecule has 4 nitrogen and oxygen atoms in total. The smallest absolute Gasteiger partial charge is 0.337 e. The van der Waals surface area contributed by atoms with Gasteiger partial charge in [-0.1, -0.05) is 34.1 Å². The number of halogens is 2. The highest BCUT2D eigenvalue weighted by atomic mass is 79.9. The lowest BCUT2D eigenvalue weighted by molar-refractivity contribution is -0.147. The van der Waals surface area contributed by atoms with Gasteiger partial charge in [0.05, 0.1) is 4.83 Å². The standard InChI is InChI=1S/C12H12BrClO4/c1-6(15)10(13)8-4-2-3-7(5-14)9(8)11(16)12(17)18/h2-4,10-11,16H,5H2,1H3,(H,17,18). The summed E-state index contributed by atoms with van der Waals surface area (Å²) in [4.78, 5) is 21.6. The number of hydrogen-bond donors (Lipinski definition) is 2. The average molecular weight is 336 g/mol. The van der Waals surface area contributed by atoms with Gasteiger partial charge >= 0.3 is 5.97 Å². The van der Waals surface area contributed by atoms with E-state index in [2.05, 4.69) is 15.9 Å². The Morgan fingerprint density at radius 2 is 2.06 bits per heavy atom. The zero-order valence-corrected chi connectivity index (χ0v) is 11.9. The van der Waals surface area contributed by atoms with E-state index in [9.17, 15) is 14.7 Å². The van der Waals surface area contributed by atoms with Gasteiger partial charge in [0.15, 0.2) is 6.10 Å². The molecule has 0 aliphatic heterocycles. The molecule has 2 atom stereocenters. The Balaban J connectivity index is 3.42. The molecule has 1 rings (SSSR count). The summed E-state index contributed by atoms with van der Waals surface area (Å²) in [6.45, 7) is 1.38. The molecule has 0 saturated carbocycles. The third-order valence-corrected chi connectivity index (χ3v) is 3.94. The van der Waals surface area contributed by atoms with Crippen LogP contribution in [0.3, 0.4) is 0 Å². The van der Waals surface area contributed by atoms with Crippen LogP contribution in [-0.2, 0) is 15.5 Å². The number of aliphatic hydroxyl groups excluding tert-OH is 1. The number of ketones is 1. The molecule has 2 N–H and O–H groups in total. The predicted octanol–water partition coefficient (Wildman–Crippen LogP) is 2.57. The summed E-state index contributed by atoms with van der Waals surface area (Å²) in [6.07, 6.45) is -1.70. The first kappa shape index (κ1) is 15.1. The number of carbonyl (C=O) groups is 2. The summed E-state index contributed by atoms with van der Waals surface area (Å²) < 4.78 is 0. The van der Waals surface area contributed by atoms with E-state index < -0.39 is 16.9 Å². The van der Waals surface area contributed by atoms with Gasteiger partial charge in [-0.3, -0.25) is 4.79 Å². The van der Waals surface area contributed by atoms with Gasteiger partial charge in [-0.2, -0.15) is 0 Å². The lowest BCUT2D eigenvalue weighted by Crippen LogP contribution is -2.17. The van der Waals surface area contributed by atoms with Gasteiger partial charge in [-0.25, -0.2) is 4.79 Å². The minimum Gasteiger partial charge on any atom is -0.479 e. The van der Waals surface area contributed by atoms with Crippen LogP contribution in [0.15, 0.2) is 18.2 Å². The van der Waals surface area contributed by atoms with Crippen LogP contribution < -0.4 is 0 Å². The number of carbonyl (C=O) groups excluding carboxylic acids is 1. The Morgan fingerprint density at radius 1 is 1.44 bits per heavy atom. The van der Waals surface area contributed by atoms with Crippen LogP contribution in [0, 0.1) is 0 Å². The first-order valence-corrected chi connectivity index (χ1v) is 6.58. The largest absolute Gasteiger partial charge is 0.479 e. The van der Waals surface area contributed by atoms with Crippen LogP contribution in [0.5, 0.6) is 0 Å². The van der Waals surface area contributed by atoms with Crippen molar-refractivity contribution in [1.82, 2.24) is 0 Å². The summed E-state index contributed by atoms with van der Waals surface area (Å²) in [5.74, 6) is -1.50. The Morgan fingerprint density at radius 3 is 2.50 bits per heavy atom. The van der Waals surface area contributed by atoms with Gasteiger partial charge in [0.2, 0.25) is 0 Å². The number of carboxylic acids is 1.